The molecule has 0 aromatic carbocycles. The summed E-state index contributed by atoms with van der Waals surface area (Å²) in [5.41, 5.74) is 0.328. The molecular weight excluding hydrogens is 174 g/mol. The van der Waals surface area contributed by atoms with Gasteiger partial charge in [-0.15, -0.1) is 0 Å². The Morgan fingerprint density at radius 1 is 1.29 bits per heavy atom. The Labute approximate surface area is 87.4 Å². The van der Waals surface area contributed by atoms with Crippen LogP contribution in [0.2, 0.25) is 0 Å². The van der Waals surface area contributed by atoms with Gasteiger partial charge in [0.25, 0.3) is 0 Å². The first-order valence-electron chi connectivity index (χ1n) is 5.67. The first-order valence-corrected chi connectivity index (χ1v) is 5.67. The Balaban J connectivity index is 2.02. The van der Waals surface area contributed by atoms with E-state index in [-0.39, 0.29) is 0 Å². The first kappa shape index (κ1) is 10.4. The van der Waals surface area contributed by atoms with Gasteiger partial charge in [-0.3, -0.25) is 15.1 Å². The number of piperidine rings is 1. The van der Waals surface area contributed by atoms with E-state index in [0.717, 1.165) is 18.8 Å². The lowest BCUT2D eigenvalue weighted by Crippen LogP contribution is -2.56. The summed E-state index contributed by atoms with van der Waals surface area (Å²) >= 11 is 0. The van der Waals surface area contributed by atoms with Crippen LogP contribution in [0.3, 0.4) is 0 Å². The topological polar surface area (TPSA) is 18.5 Å². The lowest BCUT2D eigenvalue weighted by atomic mass is 9.95. The molecule has 0 amide bonds. The Hall–Kier alpha value is -0.120. The van der Waals surface area contributed by atoms with E-state index in [9.17, 15) is 0 Å². The molecule has 2 heterocycles. The van der Waals surface area contributed by atoms with Crippen molar-refractivity contribution in [2.45, 2.75) is 44.8 Å². The van der Waals surface area contributed by atoms with Gasteiger partial charge in [-0.1, -0.05) is 0 Å². The monoisotopic (exact) mass is 197 g/mol. The van der Waals surface area contributed by atoms with Crippen LogP contribution in [0.1, 0.15) is 27.2 Å². The van der Waals surface area contributed by atoms with Gasteiger partial charge in [-0.05, 0) is 34.2 Å². The molecule has 0 aromatic rings. The lowest BCUT2D eigenvalue weighted by molar-refractivity contribution is 0.0654. The first-order chi connectivity index (χ1) is 6.48. The Morgan fingerprint density at radius 2 is 2.00 bits per heavy atom. The van der Waals surface area contributed by atoms with E-state index in [4.69, 9.17) is 0 Å². The third-order valence-electron chi connectivity index (χ3n) is 3.70. The minimum absolute atomic E-state index is 0.328. The summed E-state index contributed by atoms with van der Waals surface area (Å²) in [6, 6.07) is 1.46. The summed E-state index contributed by atoms with van der Waals surface area (Å²) < 4.78 is 0. The van der Waals surface area contributed by atoms with Crippen molar-refractivity contribution in [3.63, 3.8) is 0 Å². The molecule has 82 valence electrons. The predicted octanol–water partition coefficient (Wildman–Crippen LogP) is 0.720. The normalized spacial score (nSPS) is 36.0. The Kier molecular flexibility index (Phi) is 2.58. The van der Waals surface area contributed by atoms with Crippen LogP contribution in [0.5, 0.6) is 0 Å². The van der Waals surface area contributed by atoms with E-state index in [2.05, 4.69) is 42.9 Å². The fourth-order valence-electron chi connectivity index (χ4n) is 2.60. The Morgan fingerprint density at radius 3 is 2.64 bits per heavy atom. The summed E-state index contributed by atoms with van der Waals surface area (Å²) in [7, 11) is 2.23. The van der Waals surface area contributed by atoms with E-state index in [1.54, 1.807) is 0 Å². The minimum Gasteiger partial charge on any atom is -0.300 e. The van der Waals surface area contributed by atoms with Crippen LogP contribution in [-0.2, 0) is 0 Å². The zero-order chi connectivity index (χ0) is 10.3. The lowest BCUT2D eigenvalue weighted by Gasteiger charge is -2.43. The average Bonchev–Trinajstić information content (AvgIpc) is 2.46. The minimum atomic E-state index is 0.328. The second-order valence-electron chi connectivity index (χ2n) is 5.70. The maximum absolute atomic E-state index is 3.58. The van der Waals surface area contributed by atoms with Crippen molar-refractivity contribution in [1.29, 1.82) is 0 Å². The fourth-order valence-corrected chi connectivity index (χ4v) is 2.60. The summed E-state index contributed by atoms with van der Waals surface area (Å²) in [5, 5.41) is 3.58. The standard InChI is InChI=1S/C11H23N3/c1-11(2,3)14-6-5-9-10(7-14)13(4)8-12-9/h9-10,12H,5-8H2,1-4H3. The highest BCUT2D eigenvalue weighted by molar-refractivity contribution is 4.97. The summed E-state index contributed by atoms with van der Waals surface area (Å²) in [4.78, 5) is 5.06. The largest absolute Gasteiger partial charge is 0.300 e. The molecule has 14 heavy (non-hydrogen) atoms. The molecule has 0 aromatic heterocycles. The van der Waals surface area contributed by atoms with E-state index in [1.807, 2.05) is 0 Å². The van der Waals surface area contributed by atoms with Crippen molar-refractivity contribution >= 4 is 0 Å². The molecule has 0 aliphatic carbocycles. The molecule has 0 bridgehead atoms. The van der Waals surface area contributed by atoms with Gasteiger partial charge in [0.05, 0.1) is 0 Å². The third-order valence-corrected chi connectivity index (χ3v) is 3.70. The van der Waals surface area contributed by atoms with Gasteiger partial charge in [0.2, 0.25) is 0 Å². The number of hydrogen-bond acceptors (Lipinski definition) is 3. The molecule has 1 N–H and O–H groups in total. The molecule has 3 nitrogen and oxygen atoms in total. The van der Waals surface area contributed by atoms with E-state index >= 15 is 0 Å². The van der Waals surface area contributed by atoms with Gasteiger partial charge < -0.3 is 0 Å². The van der Waals surface area contributed by atoms with Gasteiger partial charge in [-0.2, -0.15) is 0 Å². The van der Waals surface area contributed by atoms with Crippen molar-refractivity contribution in [2.24, 2.45) is 0 Å². The van der Waals surface area contributed by atoms with Gasteiger partial charge in [0, 0.05) is 37.4 Å². The van der Waals surface area contributed by atoms with Gasteiger partial charge in [-0.25, -0.2) is 0 Å². The van der Waals surface area contributed by atoms with Gasteiger partial charge in [0.15, 0.2) is 0 Å². The maximum atomic E-state index is 3.58. The smallest absolute Gasteiger partial charge is 0.0484 e. The molecule has 0 radical (unpaired) electrons. The SMILES string of the molecule is CN1CNC2CCN(C(C)(C)C)CC21. The molecule has 2 rings (SSSR count). The number of hydrogen-bond donors (Lipinski definition) is 1. The van der Waals surface area contributed by atoms with Crippen molar-refractivity contribution in [2.75, 3.05) is 26.8 Å². The molecule has 0 saturated carbocycles. The van der Waals surface area contributed by atoms with Gasteiger partial charge in [0.1, 0.15) is 0 Å². The zero-order valence-corrected chi connectivity index (χ0v) is 9.88. The Bertz CT molecular complexity index is 209. The molecule has 2 aliphatic rings. The van der Waals surface area contributed by atoms with E-state index in [0.29, 0.717) is 5.54 Å². The van der Waals surface area contributed by atoms with Crippen LogP contribution in [0.15, 0.2) is 0 Å². The van der Waals surface area contributed by atoms with Crippen molar-refractivity contribution in [1.82, 2.24) is 15.1 Å². The summed E-state index contributed by atoms with van der Waals surface area (Å²) in [6.07, 6.45) is 1.30. The molecule has 2 unspecified atom stereocenters. The van der Waals surface area contributed by atoms with Crippen LogP contribution in [0.4, 0.5) is 0 Å². The highest BCUT2D eigenvalue weighted by Crippen LogP contribution is 2.24. The predicted molar refractivity (Wildman–Crippen MR) is 59.3 cm³/mol. The number of fused-ring (bicyclic) bond motifs is 1. The molecule has 2 saturated heterocycles. The number of nitrogens with one attached hydrogen (secondary N) is 1. The highest BCUT2D eigenvalue weighted by Gasteiger charge is 2.38. The van der Waals surface area contributed by atoms with Crippen molar-refractivity contribution < 1.29 is 0 Å². The number of likely N-dealkylation sites (tertiary alicyclic amines) is 1. The number of rotatable bonds is 0. The van der Waals surface area contributed by atoms with Crippen LogP contribution < -0.4 is 5.32 Å². The maximum Gasteiger partial charge on any atom is 0.0484 e. The molecule has 2 atom stereocenters. The second-order valence-corrected chi connectivity index (χ2v) is 5.70. The molecule has 2 fully saturated rings. The molecular formula is C11H23N3. The quantitative estimate of drug-likeness (QED) is 0.617. The van der Waals surface area contributed by atoms with Crippen LogP contribution in [0, 0.1) is 0 Å². The molecule has 2 aliphatic heterocycles. The fraction of sp³-hybridized carbons (Fsp3) is 1.00. The average molecular weight is 197 g/mol. The third kappa shape index (κ3) is 1.81. The van der Waals surface area contributed by atoms with Gasteiger partial charge >= 0.3 is 0 Å². The van der Waals surface area contributed by atoms with E-state index < -0.39 is 0 Å². The summed E-state index contributed by atoms with van der Waals surface area (Å²) in [6.45, 7) is 10.5. The number of nitrogens with zero attached hydrogens (tertiary/aromatic N) is 2. The van der Waals surface area contributed by atoms with Crippen molar-refractivity contribution in [3.8, 4) is 0 Å². The summed E-state index contributed by atoms with van der Waals surface area (Å²) in [5.74, 6) is 0. The zero-order valence-electron chi connectivity index (χ0n) is 9.88. The molecule has 3 heteroatoms. The number of likely N-dealkylation sites (N-methyl/N-ethyl adjacent to an activating group) is 1. The van der Waals surface area contributed by atoms with Crippen molar-refractivity contribution in [3.05, 3.63) is 0 Å². The van der Waals surface area contributed by atoms with Crippen LogP contribution in [0.25, 0.3) is 0 Å². The highest BCUT2D eigenvalue weighted by atomic mass is 15.4. The van der Waals surface area contributed by atoms with Crippen LogP contribution in [-0.4, -0.2) is 54.2 Å². The second kappa shape index (κ2) is 3.47. The molecule has 0 spiro atoms. The van der Waals surface area contributed by atoms with E-state index in [1.165, 1.54) is 19.5 Å². The van der Waals surface area contributed by atoms with Crippen LogP contribution >= 0.6 is 0 Å².